The van der Waals surface area contributed by atoms with Crippen molar-refractivity contribution in [3.63, 3.8) is 0 Å². The fourth-order valence-electron chi connectivity index (χ4n) is 4.76. The average Bonchev–Trinajstić information content (AvgIpc) is 2.77. The molecule has 3 rings (SSSR count). The van der Waals surface area contributed by atoms with Crippen LogP contribution < -0.4 is 10.4 Å². The number of ether oxygens (including phenoxy) is 1. The highest BCUT2D eigenvalue weighted by atomic mass is 32.2. The third-order valence-electron chi connectivity index (χ3n) is 6.17. The van der Waals surface area contributed by atoms with Gasteiger partial charge in [0.25, 0.3) is 8.32 Å². The molecule has 1 aliphatic rings. The Morgan fingerprint density at radius 3 is 2.06 bits per heavy atom. The summed E-state index contributed by atoms with van der Waals surface area (Å²) in [4.78, 5) is 24.4. The first-order chi connectivity index (χ1) is 15.8. The van der Waals surface area contributed by atoms with Gasteiger partial charge in [0.2, 0.25) is 0 Å². The lowest BCUT2D eigenvalue weighted by molar-refractivity contribution is -0.138. The van der Waals surface area contributed by atoms with Crippen LogP contribution in [0, 0.1) is 0 Å². The first-order valence-corrected chi connectivity index (χ1v) is 14.7. The van der Waals surface area contributed by atoms with E-state index >= 15 is 0 Å². The highest BCUT2D eigenvalue weighted by molar-refractivity contribution is 8.13. The Hall–Kier alpha value is -1.73. The zero-order valence-corrected chi connectivity index (χ0v) is 22.0. The minimum atomic E-state index is -2.60. The van der Waals surface area contributed by atoms with Crippen LogP contribution in [0.4, 0.5) is 0 Å². The van der Waals surface area contributed by atoms with E-state index in [4.69, 9.17) is 9.16 Å². The van der Waals surface area contributed by atoms with Gasteiger partial charge in [-0.15, -0.1) is 0 Å². The highest BCUT2D eigenvalue weighted by Gasteiger charge is 2.50. The molecule has 1 aliphatic heterocycles. The summed E-state index contributed by atoms with van der Waals surface area (Å²) in [6, 6.07) is 21.1. The van der Waals surface area contributed by atoms with Gasteiger partial charge in [0.1, 0.15) is 5.78 Å². The summed E-state index contributed by atoms with van der Waals surface area (Å²) in [7, 11) is -2.60. The maximum absolute atomic E-state index is 12.4. The van der Waals surface area contributed by atoms with Crippen LogP contribution in [0.5, 0.6) is 0 Å². The normalized spacial score (nSPS) is 19.5. The summed E-state index contributed by atoms with van der Waals surface area (Å²) < 4.78 is 13.1. The van der Waals surface area contributed by atoms with Crippen molar-refractivity contribution in [1.29, 1.82) is 0 Å². The van der Waals surface area contributed by atoms with E-state index in [-0.39, 0.29) is 28.1 Å². The molecule has 0 saturated carbocycles. The van der Waals surface area contributed by atoms with Gasteiger partial charge in [-0.1, -0.05) is 100 Å². The van der Waals surface area contributed by atoms with Crippen LogP contribution in [-0.4, -0.2) is 43.8 Å². The molecule has 2 aromatic rings. The van der Waals surface area contributed by atoms with Crippen molar-refractivity contribution in [2.24, 2.45) is 0 Å². The molecule has 0 N–H and O–H groups in total. The average molecular weight is 485 g/mol. The molecule has 1 heterocycles. The molecule has 0 spiro atoms. The Kier molecular flexibility index (Phi) is 9.10. The van der Waals surface area contributed by atoms with Crippen molar-refractivity contribution in [1.82, 2.24) is 0 Å². The lowest BCUT2D eigenvalue weighted by Crippen LogP contribution is -2.66. The topological polar surface area (TPSA) is 52.6 Å². The molecule has 178 valence electrons. The van der Waals surface area contributed by atoms with Crippen molar-refractivity contribution in [3.8, 4) is 0 Å². The van der Waals surface area contributed by atoms with Crippen molar-refractivity contribution in [2.45, 2.75) is 70.6 Å². The van der Waals surface area contributed by atoms with E-state index in [9.17, 15) is 9.59 Å². The third-order valence-corrected chi connectivity index (χ3v) is 12.0. The van der Waals surface area contributed by atoms with Crippen LogP contribution in [0.15, 0.2) is 60.7 Å². The van der Waals surface area contributed by atoms with Gasteiger partial charge >= 0.3 is 0 Å². The summed E-state index contributed by atoms with van der Waals surface area (Å²) in [5.41, 5.74) is 0. The molecule has 0 bridgehead atoms. The van der Waals surface area contributed by atoms with Crippen LogP contribution in [-0.2, 0) is 18.8 Å². The largest absolute Gasteiger partial charge is 0.407 e. The van der Waals surface area contributed by atoms with E-state index < -0.39 is 8.32 Å². The lowest BCUT2D eigenvalue weighted by Gasteiger charge is -2.43. The second kappa shape index (κ2) is 11.6. The number of hydrogen-bond acceptors (Lipinski definition) is 5. The molecule has 0 aromatic heterocycles. The lowest BCUT2D eigenvalue weighted by atomic mass is 9.99. The molecule has 0 amide bonds. The van der Waals surface area contributed by atoms with E-state index in [0.717, 1.165) is 5.75 Å². The van der Waals surface area contributed by atoms with Crippen LogP contribution in [0.1, 0.15) is 53.4 Å². The number of hydrogen-bond donors (Lipinski definition) is 0. The van der Waals surface area contributed by atoms with Crippen LogP contribution in [0.3, 0.4) is 0 Å². The van der Waals surface area contributed by atoms with Crippen molar-refractivity contribution in [3.05, 3.63) is 60.7 Å². The Morgan fingerprint density at radius 1 is 1.00 bits per heavy atom. The molecule has 1 fully saturated rings. The van der Waals surface area contributed by atoms with E-state index in [1.807, 2.05) is 19.1 Å². The molecule has 4 nitrogen and oxygen atoms in total. The molecule has 0 radical (unpaired) electrons. The summed E-state index contributed by atoms with van der Waals surface area (Å²) in [5, 5.41) is 2.49. The van der Waals surface area contributed by atoms with Crippen molar-refractivity contribution in [2.75, 3.05) is 12.4 Å². The molecule has 2 aromatic carbocycles. The number of benzene rings is 2. The van der Waals surface area contributed by atoms with Gasteiger partial charge in [-0.3, -0.25) is 9.59 Å². The highest BCUT2D eigenvalue weighted by Crippen LogP contribution is 2.37. The molecule has 33 heavy (non-hydrogen) atoms. The number of thioether (sulfide) groups is 1. The standard InChI is InChI=1S/C27H36O4SSi/c1-5-32-26(29)20-23-19-21(28)18-22(31-23)16-17-30-33(27(2,3)4,24-12-8-6-9-13-24)25-14-10-7-11-15-25/h6-15,22-23H,5,16-20H2,1-4H3/t22-,23+/m1/s1. The second-order valence-electron chi connectivity index (χ2n) is 9.64. The maximum Gasteiger partial charge on any atom is 0.261 e. The summed E-state index contributed by atoms with van der Waals surface area (Å²) in [6.07, 6.45) is 1.17. The maximum atomic E-state index is 12.4. The van der Waals surface area contributed by atoms with Gasteiger partial charge in [-0.2, -0.15) is 0 Å². The second-order valence-corrected chi connectivity index (χ2v) is 15.3. The Morgan fingerprint density at radius 2 is 1.55 bits per heavy atom. The SMILES string of the molecule is CCSC(=O)C[C@@H]1CC(=O)C[C@@H](CCO[Si](c2ccccc2)(c2ccccc2)C(C)(C)C)O1. The van der Waals surface area contributed by atoms with Crippen molar-refractivity contribution < 1.29 is 18.8 Å². The number of carbonyl (C=O) groups is 2. The van der Waals surface area contributed by atoms with Gasteiger partial charge in [0, 0.05) is 25.9 Å². The van der Waals surface area contributed by atoms with Gasteiger partial charge in [0.05, 0.1) is 12.2 Å². The first-order valence-electron chi connectivity index (χ1n) is 11.8. The molecular formula is C27H36O4SSi. The van der Waals surface area contributed by atoms with Gasteiger partial charge in [-0.05, 0) is 27.6 Å². The van der Waals surface area contributed by atoms with E-state index in [2.05, 4.69) is 69.3 Å². The molecule has 6 heteroatoms. The summed E-state index contributed by atoms with van der Waals surface area (Å²) in [5.74, 6) is 0.922. The predicted octanol–water partition coefficient (Wildman–Crippen LogP) is 4.74. The van der Waals surface area contributed by atoms with Gasteiger partial charge in [0.15, 0.2) is 5.12 Å². The first kappa shape index (κ1) is 25.9. The zero-order chi connectivity index (χ0) is 23.9. The number of rotatable bonds is 9. The predicted molar refractivity (Wildman–Crippen MR) is 139 cm³/mol. The minimum Gasteiger partial charge on any atom is -0.407 e. The van der Waals surface area contributed by atoms with Crippen LogP contribution in [0.25, 0.3) is 0 Å². The Labute approximate surface area is 203 Å². The van der Waals surface area contributed by atoms with E-state index in [1.165, 1.54) is 22.1 Å². The molecule has 1 saturated heterocycles. The van der Waals surface area contributed by atoms with E-state index in [0.29, 0.717) is 32.3 Å². The molecule has 2 atom stereocenters. The smallest absolute Gasteiger partial charge is 0.261 e. The third kappa shape index (κ3) is 6.44. The molecule has 0 aliphatic carbocycles. The Bertz CT molecular complexity index is 871. The van der Waals surface area contributed by atoms with Gasteiger partial charge < -0.3 is 9.16 Å². The van der Waals surface area contributed by atoms with Gasteiger partial charge in [-0.25, -0.2) is 0 Å². The summed E-state index contributed by atoms with van der Waals surface area (Å²) in [6.45, 7) is 9.24. The van der Waals surface area contributed by atoms with Crippen molar-refractivity contribution >= 4 is 41.4 Å². The zero-order valence-electron chi connectivity index (χ0n) is 20.2. The monoisotopic (exact) mass is 484 g/mol. The fourth-order valence-corrected chi connectivity index (χ4v) is 9.97. The van der Waals surface area contributed by atoms with E-state index in [1.54, 1.807) is 0 Å². The summed E-state index contributed by atoms with van der Waals surface area (Å²) >= 11 is 1.30. The number of Topliss-reactive ketones (excluding diaryl/α,β-unsaturated/α-hetero) is 1. The quantitative estimate of drug-likeness (QED) is 0.481. The fraction of sp³-hybridized carbons (Fsp3) is 0.481. The number of ketones is 1. The number of carbonyl (C=O) groups excluding carboxylic acids is 2. The Balaban J connectivity index is 1.78. The van der Waals surface area contributed by atoms with Crippen LogP contribution in [0.2, 0.25) is 5.04 Å². The van der Waals surface area contributed by atoms with Crippen LogP contribution >= 0.6 is 11.8 Å². The molecular weight excluding hydrogens is 448 g/mol. The minimum absolute atomic E-state index is 0.0920. The molecule has 0 unspecified atom stereocenters.